The van der Waals surface area contributed by atoms with Gasteiger partial charge in [-0.25, -0.2) is 0 Å². The van der Waals surface area contributed by atoms with Gasteiger partial charge in [0.25, 0.3) is 0 Å². The molecule has 0 aromatic heterocycles. The Bertz CT molecular complexity index is 925. The maximum absolute atomic E-state index is 15.0. The third kappa shape index (κ3) is 2.96. The number of allylic oxidation sites excluding steroid dienone is 4. The standard InChI is InChI=1S/C26H29OP/c27-28(21-12-3-1-4-13-21,22-14-5-2-6-15-22)26-19-20-11-7-8-16-23(20)24-17-9-10-18-25(24)26/h1-6,12-15,20H,7-11,16-19H2/t20-/m1/s1. The van der Waals surface area contributed by atoms with Crippen LogP contribution in [-0.2, 0) is 4.57 Å². The van der Waals surface area contributed by atoms with Crippen LogP contribution in [0.15, 0.2) is 82.7 Å². The molecule has 2 heteroatoms. The number of benzene rings is 2. The first-order valence-electron chi connectivity index (χ1n) is 10.9. The van der Waals surface area contributed by atoms with Gasteiger partial charge in [0.1, 0.15) is 0 Å². The fourth-order valence-corrected chi connectivity index (χ4v) is 8.91. The topological polar surface area (TPSA) is 17.1 Å². The summed E-state index contributed by atoms with van der Waals surface area (Å²) in [5.74, 6) is 0.626. The van der Waals surface area contributed by atoms with Crippen LogP contribution in [0, 0.1) is 5.92 Å². The Morgan fingerprint density at radius 2 is 1.25 bits per heavy atom. The molecule has 0 saturated heterocycles. The molecule has 2 saturated carbocycles. The fraction of sp³-hybridized carbons (Fsp3) is 0.385. The lowest BCUT2D eigenvalue weighted by Gasteiger charge is -2.40. The maximum atomic E-state index is 15.0. The van der Waals surface area contributed by atoms with Gasteiger partial charge >= 0.3 is 0 Å². The minimum atomic E-state index is -2.81. The van der Waals surface area contributed by atoms with Gasteiger partial charge in [0, 0.05) is 15.9 Å². The molecule has 3 aliphatic carbocycles. The maximum Gasteiger partial charge on any atom is 0.167 e. The second-order valence-corrected chi connectivity index (χ2v) is 11.4. The second-order valence-electron chi connectivity index (χ2n) is 8.56. The van der Waals surface area contributed by atoms with Crippen molar-refractivity contribution in [2.45, 2.75) is 57.8 Å². The largest absolute Gasteiger partial charge is 0.309 e. The van der Waals surface area contributed by atoms with Crippen LogP contribution in [0.3, 0.4) is 0 Å². The molecule has 0 spiro atoms. The summed E-state index contributed by atoms with van der Waals surface area (Å²) in [5.41, 5.74) is 4.83. The second kappa shape index (κ2) is 7.53. The molecule has 0 amide bonds. The molecule has 2 aromatic carbocycles. The molecule has 5 rings (SSSR count). The van der Waals surface area contributed by atoms with Crippen molar-refractivity contribution in [3.05, 3.63) is 82.7 Å². The van der Waals surface area contributed by atoms with Gasteiger partial charge in [-0.05, 0) is 68.4 Å². The molecular formula is C26H29OP. The SMILES string of the molecule is O=P(C1=C2CCCCC2=C2CCCC[C@@H]2C1)(c1ccccc1)c1ccccc1. The van der Waals surface area contributed by atoms with E-state index in [4.69, 9.17) is 0 Å². The normalized spacial score (nSPS) is 22.6. The minimum absolute atomic E-state index is 0.626. The van der Waals surface area contributed by atoms with Crippen LogP contribution < -0.4 is 10.6 Å². The molecule has 3 aliphatic rings. The Morgan fingerprint density at radius 1 is 0.679 bits per heavy atom. The first kappa shape index (κ1) is 18.2. The minimum Gasteiger partial charge on any atom is -0.309 e. The molecule has 0 heterocycles. The third-order valence-corrected chi connectivity index (χ3v) is 10.3. The van der Waals surface area contributed by atoms with Crippen molar-refractivity contribution in [3.63, 3.8) is 0 Å². The Morgan fingerprint density at radius 3 is 1.89 bits per heavy atom. The van der Waals surface area contributed by atoms with E-state index in [0.717, 1.165) is 23.5 Å². The zero-order chi connectivity index (χ0) is 19.0. The summed E-state index contributed by atoms with van der Waals surface area (Å²) in [4.78, 5) is 0. The van der Waals surface area contributed by atoms with Crippen LogP contribution in [0.25, 0.3) is 0 Å². The van der Waals surface area contributed by atoms with Crippen molar-refractivity contribution >= 4 is 17.8 Å². The zero-order valence-corrected chi connectivity index (χ0v) is 17.5. The Labute approximate surface area is 168 Å². The molecule has 0 aliphatic heterocycles. The van der Waals surface area contributed by atoms with Crippen LogP contribution in [0.4, 0.5) is 0 Å². The lowest BCUT2D eigenvalue weighted by molar-refractivity contribution is 0.433. The Balaban J connectivity index is 1.76. The van der Waals surface area contributed by atoms with Gasteiger partial charge in [0.2, 0.25) is 0 Å². The van der Waals surface area contributed by atoms with Gasteiger partial charge in [-0.2, -0.15) is 0 Å². The van der Waals surface area contributed by atoms with Gasteiger partial charge in [-0.15, -0.1) is 0 Å². The van der Waals surface area contributed by atoms with Crippen molar-refractivity contribution in [1.29, 1.82) is 0 Å². The Hall–Kier alpha value is -1.85. The monoisotopic (exact) mass is 388 g/mol. The van der Waals surface area contributed by atoms with Crippen molar-refractivity contribution in [2.24, 2.45) is 5.92 Å². The molecule has 0 radical (unpaired) electrons. The summed E-state index contributed by atoms with van der Waals surface area (Å²) < 4.78 is 15.0. The number of hydrogen-bond acceptors (Lipinski definition) is 1. The first-order chi connectivity index (χ1) is 13.8. The summed E-state index contributed by atoms with van der Waals surface area (Å²) in [6, 6.07) is 20.6. The van der Waals surface area contributed by atoms with E-state index in [1.807, 2.05) is 36.4 Å². The molecule has 0 unspecified atom stereocenters. The lowest BCUT2D eigenvalue weighted by atomic mass is 9.71. The highest BCUT2D eigenvalue weighted by molar-refractivity contribution is 7.82. The van der Waals surface area contributed by atoms with E-state index in [0.29, 0.717) is 5.92 Å². The van der Waals surface area contributed by atoms with Crippen molar-refractivity contribution in [2.75, 3.05) is 0 Å². The highest BCUT2D eigenvalue weighted by atomic mass is 31.2. The summed E-state index contributed by atoms with van der Waals surface area (Å²) >= 11 is 0. The summed E-state index contributed by atoms with van der Waals surface area (Å²) in [7, 11) is -2.81. The van der Waals surface area contributed by atoms with Gasteiger partial charge in [-0.1, -0.05) is 72.7 Å². The summed E-state index contributed by atoms with van der Waals surface area (Å²) in [5, 5.41) is 3.30. The number of rotatable bonds is 3. The van der Waals surface area contributed by atoms with Crippen molar-refractivity contribution in [1.82, 2.24) is 0 Å². The van der Waals surface area contributed by atoms with Gasteiger partial charge in [0.05, 0.1) is 0 Å². The predicted octanol–water partition coefficient (Wildman–Crippen LogP) is 6.72. The molecule has 28 heavy (non-hydrogen) atoms. The van der Waals surface area contributed by atoms with E-state index in [1.165, 1.54) is 55.8 Å². The van der Waals surface area contributed by atoms with Crippen molar-refractivity contribution in [3.8, 4) is 0 Å². The summed E-state index contributed by atoms with van der Waals surface area (Å²) in [6.45, 7) is 0. The summed E-state index contributed by atoms with van der Waals surface area (Å²) in [6.07, 6.45) is 11.1. The zero-order valence-electron chi connectivity index (χ0n) is 16.6. The van der Waals surface area contributed by atoms with E-state index in [2.05, 4.69) is 24.3 Å². The van der Waals surface area contributed by atoms with E-state index in [-0.39, 0.29) is 0 Å². The van der Waals surface area contributed by atoms with Crippen LogP contribution >= 0.6 is 7.14 Å². The number of hydrogen-bond donors (Lipinski definition) is 0. The molecule has 144 valence electrons. The van der Waals surface area contributed by atoms with Gasteiger partial charge in [-0.3, -0.25) is 0 Å². The van der Waals surface area contributed by atoms with Crippen LogP contribution in [0.2, 0.25) is 0 Å². The van der Waals surface area contributed by atoms with Crippen LogP contribution in [0.5, 0.6) is 0 Å². The van der Waals surface area contributed by atoms with Crippen LogP contribution in [0.1, 0.15) is 57.8 Å². The van der Waals surface area contributed by atoms with E-state index >= 15 is 4.57 Å². The third-order valence-electron chi connectivity index (χ3n) is 7.00. The fourth-order valence-electron chi connectivity index (χ4n) is 5.70. The molecule has 1 nitrogen and oxygen atoms in total. The molecule has 1 atom stereocenters. The van der Waals surface area contributed by atoms with E-state index in [1.54, 1.807) is 11.1 Å². The lowest BCUT2D eigenvalue weighted by Crippen LogP contribution is -2.26. The average molecular weight is 388 g/mol. The van der Waals surface area contributed by atoms with Gasteiger partial charge in [0.15, 0.2) is 7.14 Å². The van der Waals surface area contributed by atoms with Crippen molar-refractivity contribution < 1.29 is 4.57 Å². The highest BCUT2D eigenvalue weighted by Crippen LogP contribution is 2.61. The predicted molar refractivity (Wildman–Crippen MR) is 119 cm³/mol. The Kier molecular flexibility index (Phi) is 4.89. The van der Waals surface area contributed by atoms with E-state index in [9.17, 15) is 0 Å². The number of fused-ring (bicyclic) bond motifs is 2. The average Bonchev–Trinajstić information content (AvgIpc) is 2.79. The van der Waals surface area contributed by atoms with E-state index < -0.39 is 7.14 Å². The molecule has 0 bridgehead atoms. The highest BCUT2D eigenvalue weighted by Gasteiger charge is 2.40. The van der Waals surface area contributed by atoms with Gasteiger partial charge < -0.3 is 4.57 Å². The molecule has 2 fully saturated rings. The molecule has 2 aromatic rings. The first-order valence-corrected chi connectivity index (χ1v) is 12.7. The molecular weight excluding hydrogens is 359 g/mol. The smallest absolute Gasteiger partial charge is 0.167 e. The quantitative estimate of drug-likeness (QED) is 0.534. The molecule has 0 N–H and O–H groups in total. The van der Waals surface area contributed by atoms with Crippen LogP contribution in [-0.4, -0.2) is 0 Å².